The van der Waals surface area contributed by atoms with E-state index in [1.165, 1.54) is 5.56 Å². The smallest absolute Gasteiger partial charge is 0.317 e. The number of hydrogen-bond donors (Lipinski definition) is 2. The quantitative estimate of drug-likeness (QED) is 0.828. The molecule has 4 nitrogen and oxygen atoms in total. The Morgan fingerprint density at radius 1 is 1.37 bits per heavy atom. The fourth-order valence-electron chi connectivity index (χ4n) is 2.53. The Bertz CT molecular complexity index is 467. The van der Waals surface area contributed by atoms with Crippen molar-refractivity contribution >= 4 is 5.97 Å². The van der Waals surface area contributed by atoms with E-state index in [1.54, 1.807) is 7.11 Å². The van der Waals surface area contributed by atoms with Gasteiger partial charge < -0.3 is 15.2 Å². The predicted molar refractivity (Wildman–Crippen MR) is 76.0 cm³/mol. The van der Waals surface area contributed by atoms with Crippen LogP contribution in [-0.2, 0) is 10.2 Å². The Morgan fingerprint density at radius 2 is 2.00 bits per heavy atom. The first-order valence-electron chi connectivity index (χ1n) is 6.36. The van der Waals surface area contributed by atoms with Gasteiger partial charge in [0.05, 0.1) is 13.7 Å². The maximum absolute atomic E-state index is 10.6. The van der Waals surface area contributed by atoms with Gasteiger partial charge in [0.2, 0.25) is 0 Å². The minimum absolute atomic E-state index is 0.0311. The van der Waals surface area contributed by atoms with E-state index in [9.17, 15) is 4.79 Å². The molecule has 1 aromatic rings. The topological polar surface area (TPSA) is 58.6 Å². The first-order valence-corrected chi connectivity index (χ1v) is 6.36. The highest BCUT2D eigenvalue weighted by Gasteiger charge is 2.26. The van der Waals surface area contributed by atoms with E-state index in [1.807, 2.05) is 13.0 Å². The third-order valence-electron chi connectivity index (χ3n) is 3.18. The van der Waals surface area contributed by atoms with Gasteiger partial charge in [0.1, 0.15) is 5.75 Å². The van der Waals surface area contributed by atoms with Gasteiger partial charge in [-0.3, -0.25) is 4.79 Å². The molecule has 1 rings (SSSR count). The second-order valence-electron chi connectivity index (χ2n) is 5.54. The molecule has 1 aromatic carbocycles. The van der Waals surface area contributed by atoms with E-state index in [0.29, 0.717) is 6.54 Å². The molecular formula is C15H23NO3. The zero-order valence-electron chi connectivity index (χ0n) is 12.3. The number of carbonyl (C=O) groups is 1. The summed E-state index contributed by atoms with van der Waals surface area (Å²) in [5.41, 5.74) is 3.25. The molecule has 0 radical (unpaired) electrons. The van der Waals surface area contributed by atoms with Crippen LogP contribution >= 0.6 is 0 Å². The molecule has 0 atom stereocenters. The highest BCUT2D eigenvalue weighted by molar-refractivity contribution is 5.69. The lowest BCUT2D eigenvalue weighted by atomic mass is 9.80. The van der Waals surface area contributed by atoms with Crippen molar-refractivity contribution in [2.24, 2.45) is 0 Å². The lowest BCUT2D eigenvalue weighted by Gasteiger charge is -2.29. The van der Waals surface area contributed by atoms with Crippen molar-refractivity contribution in [1.82, 2.24) is 5.32 Å². The number of carboxylic acids is 1. The Balaban J connectivity index is 3.02. The van der Waals surface area contributed by atoms with Crippen molar-refractivity contribution in [2.45, 2.75) is 33.1 Å². The van der Waals surface area contributed by atoms with E-state index < -0.39 is 5.97 Å². The summed E-state index contributed by atoms with van der Waals surface area (Å²) in [7, 11) is 1.67. The van der Waals surface area contributed by atoms with Crippen molar-refractivity contribution in [1.29, 1.82) is 0 Å². The van der Waals surface area contributed by atoms with Crippen molar-refractivity contribution in [3.05, 3.63) is 28.8 Å². The molecule has 0 fully saturated rings. The third-order valence-corrected chi connectivity index (χ3v) is 3.18. The fraction of sp³-hybridized carbons (Fsp3) is 0.533. The first kappa shape index (κ1) is 15.5. The van der Waals surface area contributed by atoms with Crippen LogP contribution in [0.5, 0.6) is 5.75 Å². The molecule has 0 saturated carbocycles. The number of rotatable bonds is 6. The predicted octanol–water partition coefficient (Wildman–Crippen LogP) is 2.26. The van der Waals surface area contributed by atoms with Gasteiger partial charge in [0.15, 0.2) is 0 Å². The van der Waals surface area contributed by atoms with Gasteiger partial charge in [-0.1, -0.05) is 19.9 Å². The van der Waals surface area contributed by atoms with Crippen LogP contribution in [0.15, 0.2) is 12.1 Å². The highest BCUT2D eigenvalue weighted by Crippen LogP contribution is 2.35. The number of hydrogen-bond acceptors (Lipinski definition) is 3. The van der Waals surface area contributed by atoms with Crippen molar-refractivity contribution in [3.8, 4) is 5.75 Å². The van der Waals surface area contributed by atoms with E-state index in [-0.39, 0.29) is 12.0 Å². The van der Waals surface area contributed by atoms with E-state index in [4.69, 9.17) is 9.84 Å². The Morgan fingerprint density at radius 3 is 2.53 bits per heavy atom. The summed E-state index contributed by atoms with van der Waals surface area (Å²) in [6.07, 6.45) is 0. The number of aryl methyl sites for hydroxylation is 2. The molecule has 0 saturated heterocycles. The summed E-state index contributed by atoms with van der Waals surface area (Å²) in [5, 5.41) is 11.6. The van der Waals surface area contributed by atoms with E-state index >= 15 is 0 Å². The van der Waals surface area contributed by atoms with Gasteiger partial charge in [-0.25, -0.2) is 0 Å². The second kappa shape index (κ2) is 6.06. The van der Waals surface area contributed by atoms with Crippen LogP contribution in [0.4, 0.5) is 0 Å². The molecule has 4 heteroatoms. The molecule has 0 spiro atoms. The Labute approximate surface area is 114 Å². The lowest BCUT2D eigenvalue weighted by Crippen LogP contribution is -2.36. The number of ether oxygens (including phenoxy) is 1. The average molecular weight is 265 g/mol. The number of aliphatic carboxylic acids is 1. The van der Waals surface area contributed by atoms with Gasteiger partial charge in [0, 0.05) is 17.5 Å². The lowest BCUT2D eigenvalue weighted by molar-refractivity contribution is -0.136. The van der Waals surface area contributed by atoms with Crippen LogP contribution in [0.1, 0.15) is 30.5 Å². The van der Waals surface area contributed by atoms with Gasteiger partial charge in [-0.05, 0) is 31.0 Å². The molecule has 0 bridgehead atoms. The molecule has 0 aliphatic heterocycles. The molecule has 0 aromatic heterocycles. The molecule has 0 heterocycles. The van der Waals surface area contributed by atoms with Crippen molar-refractivity contribution in [3.63, 3.8) is 0 Å². The minimum atomic E-state index is -0.844. The minimum Gasteiger partial charge on any atom is -0.496 e. The maximum atomic E-state index is 10.6. The van der Waals surface area contributed by atoms with Gasteiger partial charge in [0.25, 0.3) is 0 Å². The summed E-state index contributed by atoms with van der Waals surface area (Å²) in [6.45, 7) is 8.82. The summed E-state index contributed by atoms with van der Waals surface area (Å²) >= 11 is 0. The van der Waals surface area contributed by atoms with Crippen molar-refractivity contribution < 1.29 is 14.6 Å². The molecule has 0 aliphatic carbocycles. The molecule has 0 aliphatic rings. The highest BCUT2D eigenvalue weighted by atomic mass is 16.5. The standard InChI is InChI=1S/C15H23NO3/c1-10-6-11(2)14(12(7-10)19-5)15(3,4)9-16-8-13(17)18/h6-7,16H,8-9H2,1-5H3,(H,17,18). The van der Waals surface area contributed by atoms with Gasteiger partial charge in [-0.2, -0.15) is 0 Å². The maximum Gasteiger partial charge on any atom is 0.317 e. The van der Waals surface area contributed by atoms with Crippen molar-refractivity contribution in [2.75, 3.05) is 20.2 Å². The molecular weight excluding hydrogens is 242 g/mol. The van der Waals surface area contributed by atoms with Crippen LogP contribution in [0.25, 0.3) is 0 Å². The SMILES string of the molecule is COc1cc(C)cc(C)c1C(C)(C)CNCC(=O)O. The molecule has 0 amide bonds. The number of methoxy groups -OCH3 is 1. The normalized spacial score (nSPS) is 11.4. The molecule has 0 unspecified atom stereocenters. The number of carboxylic acid groups (broad SMARTS) is 1. The van der Waals surface area contributed by atoms with E-state index in [0.717, 1.165) is 16.9 Å². The van der Waals surface area contributed by atoms with Crippen LogP contribution < -0.4 is 10.1 Å². The number of benzene rings is 1. The monoisotopic (exact) mass is 265 g/mol. The summed E-state index contributed by atoms with van der Waals surface area (Å²) < 4.78 is 5.48. The zero-order valence-corrected chi connectivity index (χ0v) is 12.3. The molecule has 19 heavy (non-hydrogen) atoms. The zero-order chi connectivity index (χ0) is 14.6. The summed E-state index contributed by atoms with van der Waals surface area (Å²) in [6, 6.07) is 4.14. The molecule has 2 N–H and O–H groups in total. The third kappa shape index (κ3) is 3.96. The average Bonchev–Trinajstić information content (AvgIpc) is 2.26. The summed E-state index contributed by atoms with van der Waals surface area (Å²) in [4.78, 5) is 10.6. The van der Waals surface area contributed by atoms with Crippen LogP contribution in [-0.4, -0.2) is 31.3 Å². The number of nitrogens with one attached hydrogen (secondary N) is 1. The summed E-state index contributed by atoms with van der Waals surface area (Å²) in [5.74, 6) is 0.0167. The Hall–Kier alpha value is -1.55. The fourth-order valence-corrected chi connectivity index (χ4v) is 2.53. The second-order valence-corrected chi connectivity index (χ2v) is 5.54. The van der Waals surface area contributed by atoms with E-state index in [2.05, 4.69) is 32.2 Å². The van der Waals surface area contributed by atoms with Gasteiger partial charge >= 0.3 is 5.97 Å². The molecule has 106 valence electrons. The Kier molecular flexibility index (Phi) is 4.95. The first-order chi connectivity index (χ1) is 8.77. The van der Waals surface area contributed by atoms with Gasteiger partial charge in [-0.15, -0.1) is 0 Å². The van der Waals surface area contributed by atoms with Crippen LogP contribution in [0, 0.1) is 13.8 Å². The van der Waals surface area contributed by atoms with Crippen LogP contribution in [0.2, 0.25) is 0 Å². The largest absolute Gasteiger partial charge is 0.496 e. The van der Waals surface area contributed by atoms with Crippen LogP contribution in [0.3, 0.4) is 0 Å².